The van der Waals surface area contributed by atoms with E-state index in [1.165, 1.54) is 44.9 Å². The molecule has 8 aliphatic carbocycles. The van der Waals surface area contributed by atoms with Crippen LogP contribution in [0.1, 0.15) is 133 Å². The van der Waals surface area contributed by atoms with Gasteiger partial charge in [0, 0.05) is 18.7 Å². The summed E-state index contributed by atoms with van der Waals surface area (Å²) < 4.78 is 0. The first-order valence-corrected chi connectivity index (χ1v) is 20.0. The quantitative estimate of drug-likeness (QED) is 0.228. The van der Waals surface area contributed by atoms with Crippen LogP contribution in [-0.2, 0) is 16.0 Å². The lowest BCUT2D eigenvalue weighted by molar-refractivity contribution is -0.140. The van der Waals surface area contributed by atoms with Crippen LogP contribution in [0.5, 0.6) is 0 Å². The summed E-state index contributed by atoms with van der Waals surface area (Å²) in [7, 11) is 0. The van der Waals surface area contributed by atoms with E-state index in [0.29, 0.717) is 59.1 Å². The van der Waals surface area contributed by atoms with Gasteiger partial charge in [0.1, 0.15) is 0 Å². The van der Waals surface area contributed by atoms with Gasteiger partial charge in [-0.2, -0.15) is 0 Å². The predicted octanol–water partition coefficient (Wildman–Crippen LogP) is 6.91. The largest absolute Gasteiger partial charge is 0.481 e. The van der Waals surface area contributed by atoms with E-state index >= 15 is 0 Å². The molecule has 0 radical (unpaired) electrons. The Morgan fingerprint density at radius 3 is 2.43 bits per heavy atom. The van der Waals surface area contributed by atoms with Gasteiger partial charge in [0.05, 0.1) is 17.9 Å². The van der Waals surface area contributed by atoms with E-state index in [9.17, 15) is 24.6 Å². The Bertz CT molecular complexity index is 1570. The summed E-state index contributed by atoms with van der Waals surface area (Å²) in [6.07, 6.45) is 17.4. The first-order valence-electron chi connectivity index (χ1n) is 20.0. The normalized spacial score (nSPS) is 44.3. The lowest BCUT2D eigenvalue weighted by atomic mass is 9.51. The van der Waals surface area contributed by atoms with Crippen LogP contribution < -0.4 is 10.6 Å². The Morgan fingerprint density at radius 1 is 0.837 bits per heavy atom. The van der Waals surface area contributed by atoms with Gasteiger partial charge < -0.3 is 20.8 Å². The molecule has 10 atom stereocenters. The topological polar surface area (TPSA) is 116 Å². The number of carboxylic acids is 1. The third-order valence-electron chi connectivity index (χ3n) is 17.5. The number of aliphatic hydroxyl groups excluding tert-OH is 1. The van der Waals surface area contributed by atoms with E-state index in [2.05, 4.69) is 24.5 Å². The molecule has 1 aromatic carbocycles. The van der Waals surface area contributed by atoms with Gasteiger partial charge in [-0.25, -0.2) is 0 Å². The molecule has 7 heteroatoms. The number of nitrogens with one attached hydrogen (secondary N) is 2. The maximum absolute atomic E-state index is 14.3. The molecule has 1 aromatic rings. The molecule has 0 aromatic heterocycles. The zero-order chi connectivity index (χ0) is 34.0. The molecular weight excluding hydrogens is 612 g/mol. The molecule has 0 heterocycles. The Hall–Kier alpha value is -2.41. The maximum Gasteiger partial charge on any atom is 0.303 e. The molecular formula is C42H58N2O5. The summed E-state index contributed by atoms with van der Waals surface area (Å²) in [5.41, 5.74) is 2.45. The molecule has 4 N–H and O–H groups in total. The second-order valence-corrected chi connectivity index (χ2v) is 19.2. The number of amides is 2. The first-order chi connectivity index (χ1) is 23.5. The SMILES string of the molecule is CC1(C)C(O)CCC23C4CC56C7CCCC7(C(=O)NCCc7cccc(C(=O)NCC8(CC(=O)O)CCCCC8)c7)CCC5C6(CCC12)C43. The molecule has 8 aliphatic rings. The molecule has 49 heavy (non-hydrogen) atoms. The third kappa shape index (κ3) is 4.20. The summed E-state index contributed by atoms with van der Waals surface area (Å²) in [4.78, 5) is 39.1. The highest BCUT2D eigenvalue weighted by Crippen LogP contribution is 3.02. The van der Waals surface area contributed by atoms with Crippen molar-refractivity contribution >= 4 is 17.8 Å². The monoisotopic (exact) mass is 670 g/mol. The summed E-state index contributed by atoms with van der Waals surface area (Å²) >= 11 is 0. The van der Waals surface area contributed by atoms with Crippen molar-refractivity contribution in [2.24, 2.45) is 62.1 Å². The highest BCUT2D eigenvalue weighted by atomic mass is 16.4. The molecule has 266 valence electrons. The Balaban J connectivity index is 0.845. The second-order valence-electron chi connectivity index (χ2n) is 19.2. The van der Waals surface area contributed by atoms with E-state index < -0.39 is 5.97 Å². The minimum Gasteiger partial charge on any atom is -0.481 e. The van der Waals surface area contributed by atoms with Crippen LogP contribution in [0.2, 0.25) is 0 Å². The fourth-order valence-electron chi connectivity index (χ4n) is 15.8. The standard InChI is InChI=1S/C42H58N2O5/c1-37(2)29-12-20-41-31-11-18-39(17-7-10-30(39)42(31,41)23-28-34(41)40(28,29)19-13-32(37)45)36(49)43-21-14-26-8-6-9-27(22-26)35(48)44-25-38(24-33(46)47)15-4-3-5-16-38/h6,8-9,22,28-32,34,45H,3-5,7,10-21,23-25H2,1-2H3,(H,43,49)(H,44,48)(H,46,47). The van der Waals surface area contributed by atoms with Gasteiger partial charge in [0.15, 0.2) is 0 Å². The number of aliphatic carboxylic acids is 1. The van der Waals surface area contributed by atoms with Crippen LogP contribution >= 0.6 is 0 Å². The van der Waals surface area contributed by atoms with Crippen molar-refractivity contribution < 1.29 is 24.6 Å². The summed E-state index contributed by atoms with van der Waals surface area (Å²) in [6, 6.07) is 7.71. The number of aliphatic hydroxyl groups is 1. The van der Waals surface area contributed by atoms with Crippen LogP contribution in [0.4, 0.5) is 0 Å². The molecule has 7 nitrogen and oxygen atoms in total. The molecule has 0 bridgehead atoms. The van der Waals surface area contributed by atoms with E-state index in [0.717, 1.165) is 74.7 Å². The van der Waals surface area contributed by atoms with Crippen LogP contribution in [0.25, 0.3) is 0 Å². The van der Waals surface area contributed by atoms with Crippen molar-refractivity contribution in [3.63, 3.8) is 0 Å². The van der Waals surface area contributed by atoms with Crippen molar-refractivity contribution in [1.82, 2.24) is 10.6 Å². The van der Waals surface area contributed by atoms with E-state index in [1.807, 2.05) is 24.3 Å². The maximum atomic E-state index is 14.3. The van der Waals surface area contributed by atoms with Crippen molar-refractivity contribution in [3.8, 4) is 0 Å². The number of fused-ring (bicyclic) bond motifs is 1. The number of carbonyl (C=O) groups is 3. The summed E-state index contributed by atoms with van der Waals surface area (Å²) in [6.45, 7) is 5.67. The van der Waals surface area contributed by atoms with Crippen molar-refractivity contribution in [1.29, 1.82) is 0 Å². The number of rotatable bonds is 9. The minimum atomic E-state index is -0.793. The van der Waals surface area contributed by atoms with E-state index in [1.54, 1.807) is 0 Å². The number of benzene rings is 1. The highest BCUT2D eigenvalue weighted by Gasteiger charge is 2.98. The number of carboxylic acid groups (broad SMARTS) is 1. The second kappa shape index (κ2) is 10.8. The third-order valence-corrected chi connectivity index (χ3v) is 17.5. The van der Waals surface area contributed by atoms with E-state index in [-0.39, 0.29) is 34.7 Å². The van der Waals surface area contributed by atoms with Crippen molar-refractivity contribution in [3.05, 3.63) is 35.4 Å². The molecule has 10 unspecified atom stereocenters. The average molecular weight is 671 g/mol. The first kappa shape index (κ1) is 32.5. The number of carbonyl (C=O) groups excluding carboxylic acids is 2. The van der Waals surface area contributed by atoms with Gasteiger partial charge in [0.25, 0.3) is 5.91 Å². The van der Waals surface area contributed by atoms with E-state index in [4.69, 9.17) is 0 Å². The number of hydrogen-bond donors (Lipinski definition) is 4. The zero-order valence-corrected chi connectivity index (χ0v) is 29.8. The van der Waals surface area contributed by atoms with Gasteiger partial charge in [-0.15, -0.1) is 0 Å². The van der Waals surface area contributed by atoms with Crippen molar-refractivity contribution in [2.75, 3.05) is 13.1 Å². The van der Waals surface area contributed by atoms with Gasteiger partial charge in [0.2, 0.25) is 5.91 Å². The Morgan fingerprint density at radius 2 is 1.63 bits per heavy atom. The summed E-state index contributed by atoms with van der Waals surface area (Å²) in [5, 5.41) is 27.0. The number of hydrogen-bond acceptors (Lipinski definition) is 4. The van der Waals surface area contributed by atoms with Gasteiger partial charge in [-0.3, -0.25) is 14.4 Å². The van der Waals surface area contributed by atoms with Gasteiger partial charge in [-0.1, -0.05) is 51.7 Å². The zero-order valence-electron chi connectivity index (χ0n) is 29.8. The smallest absolute Gasteiger partial charge is 0.303 e. The summed E-state index contributed by atoms with van der Waals surface area (Å²) in [5.74, 6) is 3.05. The van der Waals surface area contributed by atoms with Gasteiger partial charge in [-0.05, 0) is 151 Å². The van der Waals surface area contributed by atoms with Gasteiger partial charge >= 0.3 is 5.97 Å². The van der Waals surface area contributed by atoms with Crippen LogP contribution in [0.15, 0.2) is 24.3 Å². The van der Waals surface area contributed by atoms with Crippen LogP contribution in [0.3, 0.4) is 0 Å². The molecule has 3 spiro atoms. The lowest BCUT2D eigenvalue weighted by Gasteiger charge is -2.54. The molecule has 9 rings (SSSR count). The Labute approximate surface area is 292 Å². The molecule has 8 saturated carbocycles. The lowest BCUT2D eigenvalue weighted by Crippen LogP contribution is -2.52. The molecule has 8 fully saturated rings. The fourth-order valence-corrected chi connectivity index (χ4v) is 15.8. The molecule has 0 aliphatic heterocycles. The minimum absolute atomic E-state index is 0.0253. The van der Waals surface area contributed by atoms with Crippen molar-refractivity contribution in [2.45, 2.75) is 129 Å². The van der Waals surface area contributed by atoms with Crippen LogP contribution in [-0.4, -0.2) is 47.2 Å². The van der Waals surface area contributed by atoms with Crippen LogP contribution in [0, 0.1) is 62.1 Å². The predicted molar refractivity (Wildman–Crippen MR) is 186 cm³/mol. The average Bonchev–Trinajstić information content (AvgIpc) is 3.68. The molecule has 2 amide bonds. The fraction of sp³-hybridized carbons (Fsp3) is 0.786. The molecule has 0 saturated heterocycles. The Kier molecular flexibility index (Phi) is 7.17. The highest BCUT2D eigenvalue weighted by molar-refractivity contribution is 5.94.